The van der Waals surface area contributed by atoms with Gasteiger partial charge in [-0.1, -0.05) is 28.1 Å². The monoisotopic (exact) mass is 268 g/mol. The lowest BCUT2D eigenvalue weighted by Gasteiger charge is -2.24. The molecule has 3 nitrogen and oxygen atoms in total. The van der Waals surface area contributed by atoms with Crippen LogP contribution in [0.4, 0.5) is 0 Å². The first-order valence-electron chi connectivity index (χ1n) is 4.98. The van der Waals surface area contributed by atoms with Gasteiger partial charge in [0.05, 0.1) is 6.54 Å². The maximum atomic E-state index is 10.9. The first-order chi connectivity index (χ1) is 7.24. The highest BCUT2D eigenvalue weighted by molar-refractivity contribution is 9.10. The minimum atomic E-state index is 0.0838. The van der Waals surface area contributed by atoms with Crippen molar-refractivity contribution < 1.29 is 4.79 Å². The van der Waals surface area contributed by atoms with E-state index in [4.69, 9.17) is 0 Å². The van der Waals surface area contributed by atoms with E-state index in [1.807, 2.05) is 12.1 Å². The molecule has 80 valence electrons. The maximum Gasteiger partial charge on any atom is 0.234 e. The average molecular weight is 269 g/mol. The summed E-state index contributed by atoms with van der Waals surface area (Å²) in [5.74, 6) is 0.0838. The molecule has 15 heavy (non-hydrogen) atoms. The van der Waals surface area contributed by atoms with Gasteiger partial charge in [-0.2, -0.15) is 0 Å². The van der Waals surface area contributed by atoms with Gasteiger partial charge in [-0.05, 0) is 24.1 Å². The van der Waals surface area contributed by atoms with Crippen molar-refractivity contribution in [3.05, 3.63) is 34.3 Å². The van der Waals surface area contributed by atoms with E-state index in [0.29, 0.717) is 19.1 Å². The molecule has 1 aromatic carbocycles. The molecule has 1 unspecified atom stereocenters. The quantitative estimate of drug-likeness (QED) is 0.843. The predicted molar refractivity (Wildman–Crippen MR) is 62.6 cm³/mol. The van der Waals surface area contributed by atoms with Crippen molar-refractivity contribution in [2.75, 3.05) is 13.1 Å². The summed E-state index contributed by atoms with van der Waals surface area (Å²) in [6.07, 6.45) is 0.944. The van der Waals surface area contributed by atoms with Crippen LogP contribution in [0.15, 0.2) is 28.7 Å². The highest BCUT2D eigenvalue weighted by atomic mass is 79.9. The largest absolute Gasteiger partial charge is 0.353 e. The van der Waals surface area contributed by atoms with Gasteiger partial charge in [0.15, 0.2) is 0 Å². The first kappa shape index (κ1) is 10.6. The fourth-order valence-electron chi connectivity index (χ4n) is 1.70. The summed E-state index contributed by atoms with van der Waals surface area (Å²) in [7, 11) is 0. The molecular formula is C11H13BrN2O. The lowest BCUT2D eigenvalue weighted by molar-refractivity contribution is -0.121. The number of rotatable bonds is 2. The molecule has 1 heterocycles. The predicted octanol–water partition coefficient (Wildman–Crippen LogP) is 1.08. The first-order valence-corrected chi connectivity index (χ1v) is 5.78. The van der Waals surface area contributed by atoms with Crippen molar-refractivity contribution in [2.45, 2.75) is 12.5 Å². The zero-order chi connectivity index (χ0) is 10.7. The van der Waals surface area contributed by atoms with Gasteiger partial charge in [0.2, 0.25) is 5.91 Å². The fraction of sp³-hybridized carbons (Fsp3) is 0.364. The van der Waals surface area contributed by atoms with E-state index in [1.54, 1.807) is 0 Å². The smallest absolute Gasteiger partial charge is 0.234 e. The van der Waals surface area contributed by atoms with Crippen molar-refractivity contribution in [2.24, 2.45) is 0 Å². The fourth-order valence-corrected chi connectivity index (χ4v) is 2.15. The summed E-state index contributed by atoms with van der Waals surface area (Å²) in [4.78, 5) is 10.9. The molecule has 2 N–H and O–H groups in total. The molecule has 0 spiro atoms. The number of hydrogen-bond donors (Lipinski definition) is 2. The van der Waals surface area contributed by atoms with Crippen LogP contribution in [0.2, 0.25) is 0 Å². The molecule has 0 saturated carbocycles. The third-order valence-corrected chi connectivity index (χ3v) is 2.96. The van der Waals surface area contributed by atoms with E-state index < -0.39 is 0 Å². The minimum absolute atomic E-state index is 0.0838. The van der Waals surface area contributed by atoms with Crippen LogP contribution < -0.4 is 10.6 Å². The molecule has 1 saturated heterocycles. The van der Waals surface area contributed by atoms with Crippen molar-refractivity contribution >= 4 is 21.8 Å². The third-order valence-electron chi connectivity index (χ3n) is 2.47. The van der Waals surface area contributed by atoms with Crippen LogP contribution in [0.3, 0.4) is 0 Å². The molecule has 4 heteroatoms. The van der Waals surface area contributed by atoms with Gasteiger partial charge in [0.1, 0.15) is 0 Å². The summed E-state index contributed by atoms with van der Waals surface area (Å²) < 4.78 is 1.10. The number of carbonyl (C=O) groups is 1. The highest BCUT2D eigenvalue weighted by Crippen LogP contribution is 2.13. The van der Waals surface area contributed by atoms with Gasteiger partial charge in [-0.25, -0.2) is 0 Å². The van der Waals surface area contributed by atoms with Crippen molar-refractivity contribution in [3.63, 3.8) is 0 Å². The zero-order valence-corrected chi connectivity index (χ0v) is 9.88. The lowest BCUT2D eigenvalue weighted by atomic mass is 10.0. The Kier molecular flexibility index (Phi) is 3.38. The number of amides is 1. The number of piperazine rings is 1. The second-order valence-electron chi connectivity index (χ2n) is 3.72. The zero-order valence-electron chi connectivity index (χ0n) is 8.29. The van der Waals surface area contributed by atoms with Crippen LogP contribution >= 0.6 is 15.9 Å². The Morgan fingerprint density at radius 2 is 2.33 bits per heavy atom. The van der Waals surface area contributed by atoms with Gasteiger partial charge in [0, 0.05) is 17.1 Å². The molecule has 1 fully saturated rings. The molecule has 1 amide bonds. The van der Waals surface area contributed by atoms with Crippen molar-refractivity contribution in [1.29, 1.82) is 0 Å². The summed E-state index contributed by atoms with van der Waals surface area (Å²) in [5, 5.41) is 6.06. The lowest BCUT2D eigenvalue weighted by Crippen LogP contribution is -2.52. The van der Waals surface area contributed by atoms with Gasteiger partial charge >= 0.3 is 0 Å². The molecule has 2 rings (SSSR count). The Hall–Kier alpha value is -0.870. The Morgan fingerprint density at radius 1 is 1.47 bits per heavy atom. The molecule has 1 aromatic rings. The standard InChI is InChI=1S/C11H13BrN2O/c12-9-3-1-2-8(4-9)5-10-6-14-11(15)7-13-10/h1-4,10,13H,5-7H2,(H,14,15). The van der Waals surface area contributed by atoms with Gasteiger partial charge in [-0.3, -0.25) is 4.79 Å². The van der Waals surface area contributed by atoms with Crippen LogP contribution in [-0.2, 0) is 11.2 Å². The van der Waals surface area contributed by atoms with E-state index in [1.165, 1.54) is 5.56 Å². The summed E-state index contributed by atoms with van der Waals surface area (Å²) in [6.45, 7) is 1.14. The highest BCUT2D eigenvalue weighted by Gasteiger charge is 2.16. The molecular weight excluding hydrogens is 256 g/mol. The van der Waals surface area contributed by atoms with E-state index >= 15 is 0 Å². The van der Waals surface area contributed by atoms with Crippen LogP contribution in [0.5, 0.6) is 0 Å². The number of carbonyl (C=O) groups excluding carboxylic acids is 1. The second-order valence-corrected chi connectivity index (χ2v) is 4.63. The molecule has 0 aromatic heterocycles. The van der Waals surface area contributed by atoms with Gasteiger partial charge in [0.25, 0.3) is 0 Å². The maximum absolute atomic E-state index is 10.9. The molecule has 1 aliphatic rings. The Balaban J connectivity index is 1.94. The molecule has 1 aliphatic heterocycles. The van der Waals surface area contributed by atoms with E-state index in [9.17, 15) is 4.79 Å². The number of benzene rings is 1. The topological polar surface area (TPSA) is 41.1 Å². The van der Waals surface area contributed by atoms with Crippen LogP contribution in [0.1, 0.15) is 5.56 Å². The summed E-state index contributed by atoms with van der Waals surface area (Å²) in [6, 6.07) is 8.60. The normalized spacial score (nSPS) is 21.1. The summed E-state index contributed by atoms with van der Waals surface area (Å²) >= 11 is 3.45. The van der Waals surface area contributed by atoms with Crippen LogP contribution in [-0.4, -0.2) is 25.0 Å². The molecule has 0 aliphatic carbocycles. The number of hydrogen-bond acceptors (Lipinski definition) is 2. The van der Waals surface area contributed by atoms with E-state index in [2.05, 4.69) is 38.7 Å². The minimum Gasteiger partial charge on any atom is -0.353 e. The van der Waals surface area contributed by atoms with Crippen molar-refractivity contribution in [1.82, 2.24) is 10.6 Å². The number of halogens is 1. The van der Waals surface area contributed by atoms with Crippen LogP contribution in [0.25, 0.3) is 0 Å². The SMILES string of the molecule is O=C1CNC(Cc2cccc(Br)c2)CN1. The Labute approximate surface area is 97.4 Å². The van der Waals surface area contributed by atoms with E-state index in [-0.39, 0.29) is 5.91 Å². The third kappa shape index (κ3) is 3.04. The van der Waals surface area contributed by atoms with Crippen molar-refractivity contribution in [3.8, 4) is 0 Å². The Morgan fingerprint density at radius 3 is 3.00 bits per heavy atom. The van der Waals surface area contributed by atoms with Gasteiger partial charge in [-0.15, -0.1) is 0 Å². The summed E-state index contributed by atoms with van der Waals surface area (Å²) in [5.41, 5.74) is 1.28. The Bertz CT molecular complexity index is 357. The molecule has 0 bridgehead atoms. The van der Waals surface area contributed by atoms with Gasteiger partial charge < -0.3 is 10.6 Å². The molecule has 1 atom stereocenters. The second kappa shape index (κ2) is 4.77. The number of nitrogens with one attached hydrogen (secondary N) is 2. The molecule has 0 radical (unpaired) electrons. The van der Waals surface area contributed by atoms with E-state index in [0.717, 1.165) is 10.9 Å². The van der Waals surface area contributed by atoms with Crippen LogP contribution in [0, 0.1) is 0 Å². The average Bonchev–Trinajstić information content (AvgIpc) is 2.22.